The van der Waals surface area contributed by atoms with Gasteiger partial charge in [0.2, 0.25) is 10.0 Å². The van der Waals surface area contributed by atoms with Crippen LogP contribution in [-0.2, 0) is 23.0 Å². The van der Waals surface area contributed by atoms with Gasteiger partial charge in [0.25, 0.3) is 0 Å². The zero-order valence-electron chi connectivity index (χ0n) is 21.4. The maximum absolute atomic E-state index is 13.3. The average Bonchev–Trinajstić information content (AvgIpc) is 2.88. The molecule has 0 saturated heterocycles. The summed E-state index contributed by atoms with van der Waals surface area (Å²) in [6.07, 6.45) is 0.829. The number of sulfonamides is 1. The molecule has 1 aliphatic heterocycles. The Morgan fingerprint density at radius 3 is 2.28 bits per heavy atom. The minimum Gasteiger partial charge on any atom is -0.497 e. The monoisotopic (exact) mass is 510 g/mol. The molecule has 3 aromatic rings. The molecule has 0 fully saturated rings. The number of fused-ring (bicyclic) bond motifs is 1. The third-order valence-electron chi connectivity index (χ3n) is 6.84. The summed E-state index contributed by atoms with van der Waals surface area (Å²) in [5.74, 6) is 1.91. The van der Waals surface area contributed by atoms with E-state index in [-0.39, 0.29) is 10.9 Å². The summed E-state index contributed by atoms with van der Waals surface area (Å²) in [4.78, 5) is 2.54. The van der Waals surface area contributed by atoms with E-state index in [4.69, 9.17) is 14.2 Å². The van der Waals surface area contributed by atoms with Crippen LogP contribution in [0, 0.1) is 6.92 Å². The largest absolute Gasteiger partial charge is 0.497 e. The highest BCUT2D eigenvalue weighted by Crippen LogP contribution is 2.40. The predicted molar refractivity (Wildman–Crippen MR) is 140 cm³/mol. The van der Waals surface area contributed by atoms with Gasteiger partial charge in [-0.15, -0.1) is 0 Å². The molecule has 0 radical (unpaired) electrons. The van der Waals surface area contributed by atoms with Crippen molar-refractivity contribution < 1.29 is 22.6 Å². The van der Waals surface area contributed by atoms with Gasteiger partial charge in [-0.05, 0) is 78.9 Å². The predicted octanol–water partition coefficient (Wildman–Crippen LogP) is 4.49. The van der Waals surface area contributed by atoms with E-state index >= 15 is 0 Å². The van der Waals surface area contributed by atoms with E-state index in [1.165, 1.54) is 11.1 Å². The van der Waals surface area contributed by atoms with Crippen LogP contribution in [0.25, 0.3) is 0 Å². The number of rotatable bonds is 9. The van der Waals surface area contributed by atoms with Crippen molar-refractivity contribution in [2.24, 2.45) is 0 Å². The van der Waals surface area contributed by atoms with Crippen molar-refractivity contribution in [3.05, 3.63) is 82.9 Å². The van der Waals surface area contributed by atoms with Crippen LogP contribution in [0.15, 0.2) is 65.6 Å². The molecule has 0 aromatic heterocycles. The molecule has 7 nitrogen and oxygen atoms in total. The number of nitrogens with one attached hydrogen (secondary N) is 1. The smallest absolute Gasteiger partial charge is 0.240 e. The Kier molecular flexibility index (Phi) is 7.88. The van der Waals surface area contributed by atoms with Crippen LogP contribution in [-0.4, -0.2) is 47.2 Å². The second-order valence-corrected chi connectivity index (χ2v) is 10.8. The number of methoxy groups -OCH3 is 3. The van der Waals surface area contributed by atoms with E-state index in [9.17, 15) is 8.42 Å². The summed E-state index contributed by atoms with van der Waals surface area (Å²) in [5.41, 5.74) is 4.60. The van der Waals surface area contributed by atoms with Crippen molar-refractivity contribution in [2.45, 2.75) is 43.8 Å². The van der Waals surface area contributed by atoms with Gasteiger partial charge in [0.05, 0.1) is 32.3 Å². The van der Waals surface area contributed by atoms with Gasteiger partial charge in [0.15, 0.2) is 11.5 Å². The molecule has 4 rings (SSSR count). The van der Waals surface area contributed by atoms with Crippen molar-refractivity contribution in [1.82, 2.24) is 9.62 Å². The minimum atomic E-state index is -3.76. The molecule has 3 aromatic carbocycles. The zero-order valence-corrected chi connectivity index (χ0v) is 22.3. The maximum Gasteiger partial charge on any atom is 0.240 e. The van der Waals surface area contributed by atoms with Gasteiger partial charge in [-0.1, -0.05) is 24.3 Å². The van der Waals surface area contributed by atoms with Gasteiger partial charge >= 0.3 is 0 Å². The molecule has 192 valence electrons. The van der Waals surface area contributed by atoms with E-state index in [1.54, 1.807) is 45.6 Å². The highest BCUT2D eigenvalue weighted by molar-refractivity contribution is 7.89. The first-order valence-corrected chi connectivity index (χ1v) is 13.5. The summed E-state index contributed by atoms with van der Waals surface area (Å²) in [6.45, 7) is 5.52. The highest BCUT2D eigenvalue weighted by atomic mass is 32.2. The summed E-state index contributed by atoms with van der Waals surface area (Å²) >= 11 is 0. The fourth-order valence-electron chi connectivity index (χ4n) is 4.93. The van der Waals surface area contributed by atoms with Crippen molar-refractivity contribution >= 4 is 10.0 Å². The molecule has 1 aliphatic rings. The van der Waals surface area contributed by atoms with Crippen molar-refractivity contribution in [1.29, 1.82) is 0 Å². The molecule has 8 heteroatoms. The van der Waals surface area contributed by atoms with Crippen LogP contribution in [0.2, 0.25) is 0 Å². The van der Waals surface area contributed by atoms with Crippen molar-refractivity contribution in [2.75, 3.05) is 27.9 Å². The lowest BCUT2D eigenvalue weighted by molar-refractivity contribution is 0.150. The Balaban J connectivity index is 1.72. The SMILES string of the molecule is COc1ccc(S(=O)(=O)N[C@@H](C)[C@@H]2c3cc(OC)c(OC)cc3CCN2Cc2ccccc2C)cc1. The molecule has 0 unspecified atom stereocenters. The van der Waals surface area contributed by atoms with E-state index in [0.29, 0.717) is 23.8 Å². The molecule has 0 spiro atoms. The molecular formula is C28H34N2O5S. The fraction of sp³-hybridized carbons (Fsp3) is 0.357. The van der Waals surface area contributed by atoms with E-state index in [2.05, 4.69) is 28.7 Å². The Hall–Kier alpha value is -3.07. The number of hydrogen-bond acceptors (Lipinski definition) is 6. The lowest BCUT2D eigenvalue weighted by Gasteiger charge is -2.41. The number of benzene rings is 3. The van der Waals surface area contributed by atoms with Gasteiger partial charge < -0.3 is 14.2 Å². The van der Waals surface area contributed by atoms with E-state index < -0.39 is 16.1 Å². The summed E-state index contributed by atoms with van der Waals surface area (Å²) < 4.78 is 45.9. The first kappa shape index (κ1) is 26.0. The summed E-state index contributed by atoms with van der Waals surface area (Å²) in [7, 11) is 1.03. The molecular weight excluding hydrogens is 476 g/mol. The second-order valence-electron chi connectivity index (χ2n) is 9.08. The van der Waals surface area contributed by atoms with Crippen LogP contribution in [0.4, 0.5) is 0 Å². The quantitative estimate of drug-likeness (QED) is 0.457. The third kappa shape index (κ3) is 5.36. The first-order chi connectivity index (χ1) is 17.3. The Morgan fingerprint density at radius 1 is 0.972 bits per heavy atom. The maximum atomic E-state index is 13.3. The Bertz CT molecular complexity index is 1310. The number of ether oxygens (including phenoxy) is 3. The average molecular weight is 511 g/mol. The topological polar surface area (TPSA) is 77.1 Å². The Morgan fingerprint density at radius 2 is 1.64 bits per heavy atom. The van der Waals surface area contributed by atoms with Crippen molar-refractivity contribution in [3.63, 3.8) is 0 Å². The van der Waals surface area contributed by atoms with Crippen LogP contribution in [0.1, 0.15) is 35.2 Å². The fourth-order valence-corrected chi connectivity index (χ4v) is 6.18. The number of aryl methyl sites for hydroxylation is 1. The van der Waals surface area contributed by atoms with Gasteiger partial charge in [-0.2, -0.15) is 0 Å². The molecule has 1 N–H and O–H groups in total. The molecule has 36 heavy (non-hydrogen) atoms. The van der Waals surface area contributed by atoms with Crippen LogP contribution < -0.4 is 18.9 Å². The Labute approximate surface area is 214 Å². The second kappa shape index (κ2) is 10.9. The first-order valence-electron chi connectivity index (χ1n) is 12.0. The van der Waals surface area contributed by atoms with E-state index in [0.717, 1.165) is 24.1 Å². The van der Waals surface area contributed by atoms with E-state index in [1.807, 2.05) is 31.2 Å². The van der Waals surface area contributed by atoms with Gasteiger partial charge in [0, 0.05) is 19.1 Å². The highest BCUT2D eigenvalue weighted by Gasteiger charge is 2.35. The third-order valence-corrected chi connectivity index (χ3v) is 8.42. The van der Waals surface area contributed by atoms with Gasteiger partial charge in [-0.3, -0.25) is 4.90 Å². The molecule has 0 amide bonds. The van der Waals surface area contributed by atoms with Crippen LogP contribution in [0.5, 0.6) is 17.2 Å². The number of hydrogen-bond donors (Lipinski definition) is 1. The zero-order chi connectivity index (χ0) is 25.9. The summed E-state index contributed by atoms with van der Waals surface area (Å²) in [5, 5.41) is 0. The van der Waals surface area contributed by atoms with Gasteiger partial charge in [0.1, 0.15) is 5.75 Å². The minimum absolute atomic E-state index is 0.198. The van der Waals surface area contributed by atoms with Crippen LogP contribution in [0.3, 0.4) is 0 Å². The molecule has 0 aliphatic carbocycles. The summed E-state index contributed by atoms with van der Waals surface area (Å²) in [6, 6.07) is 18.1. The molecule has 2 atom stereocenters. The van der Waals surface area contributed by atoms with Crippen molar-refractivity contribution in [3.8, 4) is 17.2 Å². The molecule has 0 bridgehead atoms. The van der Waals surface area contributed by atoms with Gasteiger partial charge in [-0.25, -0.2) is 13.1 Å². The van der Waals surface area contributed by atoms with Crippen LogP contribution >= 0.6 is 0 Å². The normalized spacial score (nSPS) is 16.8. The lowest BCUT2D eigenvalue weighted by Crippen LogP contribution is -2.47. The lowest BCUT2D eigenvalue weighted by atomic mass is 9.88. The molecule has 1 heterocycles. The molecule has 0 saturated carbocycles. The number of nitrogens with zero attached hydrogens (tertiary/aromatic N) is 1. The standard InChI is InChI=1S/C28H34N2O5S/c1-19-8-6-7-9-22(19)18-30-15-14-21-16-26(34-4)27(35-5)17-25(21)28(30)20(2)29-36(31,32)24-12-10-23(33-3)11-13-24/h6-13,16-17,20,28-29H,14-15,18H2,1-5H3/t20-,28+/m0/s1.